The number of fused-ring (bicyclic) bond motifs is 1. The van der Waals surface area contributed by atoms with Crippen LogP contribution in [0, 0.1) is 5.92 Å². The first kappa shape index (κ1) is 23.7. The van der Waals surface area contributed by atoms with Gasteiger partial charge in [0.2, 0.25) is 0 Å². The highest BCUT2D eigenvalue weighted by atomic mass is 16.5. The second-order valence-corrected chi connectivity index (χ2v) is 9.49. The fraction of sp³-hybridized carbons (Fsp3) is 0.345. The Morgan fingerprint density at radius 3 is 2.56 bits per heavy atom. The molecule has 0 fully saturated rings. The zero-order chi connectivity index (χ0) is 24.1. The van der Waals surface area contributed by atoms with E-state index in [0.717, 1.165) is 39.2 Å². The summed E-state index contributed by atoms with van der Waals surface area (Å²) >= 11 is 0. The standard InChI is InChI=1S/C29H33N3O2/c1-20(2)19-34-24-11-12-25-26(16-24)32(18-23-9-5-6-15-31-23)29(21(3)4)28(25)27(33)13-10-22-8-7-14-30-17-22/h5-9,11-12,14-17,20-21H,10,13,18-19H2,1-4H3. The molecule has 0 N–H and O–H groups in total. The largest absolute Gasteiger partial charge is 0.493 e. The van der Waals surface area contributed by atoms with Crippen molar-refractivity contribution in [2.24, 2.45) is 5.92 Å². The number of hydrogen-bond acceptors (Lipinski definition) is 4. The molecule has 5 heteroatoms. The minimum absolute atomic E-state index is 0.160. The van der Waals surface area contributed by atoms with Crippen LogP contribution < -0.4 is 4.74 Å². The van der Waals surface area contributed by atoms with Gasteiger partial charge in [-0.3, -0.25) is 14.8 Å². The number of nitrogens with zero attached hydrogens (tertiary/aromatic N) is 3. The van der Waals surface area contributed by atoms with Gasteiger partial charge in [-0.2, -0.15) is 0 Å². The van der Waals surface area contributed by atoms with E-state index in [1.165, 1.54) is 0 Å². The molecule has 0 aliphatic rings. The summed E-state index contributed by atoms with van der Waals surface area (Å²) in [4.78, 5) is 22.4. The van der Waals surface area contributed by atoms with Gasteiger partial charge in [0.1, 0.15) is 5.75 Å². The molecule has 176 valence electrons. The molecule has 34 heavy (non-hydrogen) atoms. The summed E-state index contributed by atoms with van der Waals surface area (Å²) < 4.78 is 8.29. The van der Waals surface area contributed by atoms with E-state index >= 15 is 0 Å². The molecule has 4 aromatic rings. The van der Waals surface area contributed by atoms with Crippen LogP contribution in [0.1, 0.15) is 67.3 Å². The van der Waals surface area contributed by atoms with Crippen LogP contribution in [0.15, 0.2) is 67.1 Å². The number of aromatic nitrogens is 3. The van der Waals surface area contributed by atoms with Gasteiger partial charge >= 0.3 is 0 Å². The second-order valence-electron chi connectivity index (χ2n) is 9.49. The highest BCUT2D eigenvalue weighted by molar-refractivity contribution is 6.10. The van der Waals surface area contributed by atoms with E-state index in [2.05, 4.69) is 48.3 Å². The first-order chi connectivity index (χ1) is 16.4. The molecule has 0 saturated heterocycles. The minimum atomic E-state index is 0.160. The van der Waals surface area contributed by atoms with Crippen LogP contribution in [0.4, 0.5) is 0 Å². The summed E-state index contributed by atoms with van der Waals surface area (Å²) in [5, 5.41) is 0.979. The predicted molar refractivity (Wildman–Crippen MR) is 137 cm³/mol. The fourth-order valence-corrected chi connectivity index (χ4v) is 4.35. The molecule has 0 unspecified atom stereocenters. The number of Topliss-reactive ketones (excluding diaryl/α,β-unsaturated/α-hetero) is 1. The van der Waals surface area contributed by atoms with Crippen LogP contribution in [0.3, 0.4) is 0 Å². The highest BCUT2D eigenvalue weighted by Crippen LogP contribution is 2.35. The van der Waals surface area contributed by atoms with Gasteiger partial charge in [-0.1, -0.05) is 39.8 Å². The van der Waals surface area contributed by atoms with Crippen molar-refractivity contribution >= 4 is 16.7 Å². The Morgan fingerprint density at radius 2 is 1.88 bits per heavy atom. The van der Waals surface area contributed by atoms with Crippen LogP contribution in [0.25, 0.3) is 10.9 Å². The summed E-state index contributed by atoms with van der Waals surface area (Å²) in [6.07, 6.45) is 6.52. The molecule has 0 spiro atoms. The number of pyridine rings is 2. The summed E-state index contributed by atoms with van der Waals surface area (Å²) in [5.41, 5.74) is 4.92. The fourth-order valence-electron chi connectivity index (χ4n) is 4.35. The third kappa shape index (κ3) is 5.36. The van der Waals surface area contributed by atoms with Gasteiger partial charge in [0, 0.05) is 47.7 Å². The smallest absolute Gasteiger partial charge is 0.165 e. The lowest BCUT2D eigenvalue weighted by Crippen LogP contribution is -2.11. The number of carbonyl (C=O) groups is 1. The van der Waals surface area contributed by atoms with Crippen LogP contribution in [-0.2, 0) is 13.0 Å². The number of benzene rings is 1. The third-order valence-corrected chi connectivity index (χ3v) is 5.90. The Bertz CT molecular complexity index is 1240. The zero-order valence-corrected chi connectivity index (χ0v) is 20.5. The van der Waals surface area contributed by atoms with Gasteiger partial charge in [0.25, 0.3) is 0 Å². The van der Waals surface area contributed by atoms with Crippen molar-refractivity contribution in [1.29, 1.82) is 0 Å². The first-order valence-electron chi connectivity index (χ1n) is 12.0. The number of rotatable bonds is 10. The number of carbonyl (C=O) groups excluding carboxylic acids is 1. The summed E-state index contributed by atoms with van der Waals surface area (Å²) in [6, 6.07) is 16.0. The van der Waals surface area contributed by atoms with Crippen molar-refractivity contribution in [2.75, 3.05) is 6.61 Å². The quantitative estimate of drug-likeness (QED) is 0.258. The van der Waals surface area contributed by atoms with E-state index < -0.39 is 0 Å². The van der Waals surface area contributed by atoms with Gasteiger partial charge in [0.05, 0.1) is 24.4 Å². The average Bonchev–Trinajstić information content (AvgIpc) is 3.16. The zero-order valence-electron chi connectivity index (χ0n) is 20.5. The Morgan fingerprint density at radius 1 is 1.03 bits per heavy atom. The normalized spacial score (nSPS) is 11.5. The van der Waals surface area contributed by atoms with E-state index in [1.807, 2.05) is 54.9 Å². The van der Waals surface area contributed by atoms with Crippen molar-refractivity contribution in [3.05, 3.63) is 89.6 Å². The van der Waals surface area contributed by atoms with Gasteiger partial charge in [0.15, 0.2) is 5.78 Å². The van der Waals surface area contributed by atoms with E-state index in [0.29, 0.717) is 31.9 Å². The molecule has 3 heterocycles. The van der Waals surface area contributed by atoms with Crippen LogP contribution >= 0.6 is 0 Å². The van der Waals surface area contributed by atoms with Crippen LogP contribution in [-0.4, -0.2) is 26.9 Å². The molecular formula is C29H33N3O2. The Hall–Kier alpha value is -3.47. The molecular weight excluding hydrogens is 422 g/mol. The molecule has 0 bridgehead atoms. The van der Waals surface area contributed by atoms with Gasteiger partial charge in [-0.15, -0.1) is 0 Å². The molecule has 0 saturated carbocycles. The summed E-state index contributed by atoms with van der Waals surface area (Å²) in [7, 11) is 0. The number of ether oxygens (including phenoxy) is 1. The monoisotopic (exact) mass is 455 g/mol. The molecule has 0 aliphatic carbocycles. The van der Waals surface area contributed by atoms with Gasteiger partial charge < -0.3 is 9.30 Å². The molecule has 0 radical (unpaired) electrons. The number of aryl methyl sites for hydroxylation is 1. The van der Waals surface area contributed by atoms with Crippen LogP contribution in [0.2, 0.25) is 0 Å². The van der Waals surface area contributed by atoms with E-state index in [4.69, 9.17) is 4.74 Å². The second kappa shape index (κ2) is 10.6. The van der Waals surface area contributed by atoms with Crippen molar-refractivity contribution in [3.63, 3.8) is 0 Å². The van der Waals surface area contributed by atoms with Crippen molar-refractivity contribution in [2.45, 2.75) is 53.0 Å². The topological polar surface area (TPSA) is 57.0 Å². The van der Waals surface area contributed by atoms with Crippen molar-refractivity contribution < 1.29 is 9.53 Å². The van der Waals surface area contributed by atoms with Gasteiger partial charge in [-0.05, 0) is 54.2 Å². The Kier molecular flexibility index (Phi) is 7.41. The summed E-state index contributed by atoms with van der Waals surface area (Å²) in [6.45, 7) is 9.83. The first-order valence-corrected chi connectivity index (χ1v) is 12.0. The maximum absolute atomic E-state index is 13.6. The SMILES string of the molecule is CC(C)COc1ccc2c(C(=O)CCc3cccnc3)c(C(C)C)n(Cc3ccccn3)c2c1. The molecule has 3 aromatic heterocycles. The molecule has 1 aromatic carbocycles. The molecule has 0 amide bonds. The lowest BCUT2D eigenvalue weighted by Gasteiger charge is -2.15. The number of ketones is 1. The molecule has 0 atom stereocenters. The number of hydrogen-bond donors (Lipinski definition) is 0. The molecule has 4 rings (SSSR count). The predicted octanol–water partition coefficient (Wildman–Crippen LogP) is 6.45. The minimum Gasteiger partial charge on any atom is -0.493 e. The van der Waals surface area contributed by atoms with Crippen LogP contribution in [0.5, 0.6) is 5.75 Å². The molecule has 0 aliphatic heterocycles. The van der Waals surface area contributed by atoms with Crippen molar-refractivity contribution in [3.8, 4) is 5.75 Å². The lowest BCUT2D eigenvalue weighted by atomic mass is 9.96. The van der Waals surface area contributed by atoms with E-state index in [1.54, 1.807) is 6.20 Å². The van der Waals surface area contributed by atoms with E-state index in [9.17, 15) is 4.79 Å². The van der Waals surface area contributed by atoms with Crippen molar-refractivity contribution in [1.82, 2.24) is 14.5 Å². The average molecular weight is 456 g/mol. The van der Waals surface area contributed by atoms with E-state index in [-0.39, 0.29) is 11.7 Å². The summed E-state index contributed by atoms with van der Waals surface area (Å²) in [5.74, 6) is 1.60. The third-order valence-electron chi connectivity index (χ3n) is 5.90. The maximum atomic E-state index is 13.6. The molecule has 5 nitrogen and oxygen atoms in total. The Balaban J connectivity index is 1.79. The highest BCUT2D eigenvalue weighted by Gasteiger charge is 2.25. The maximum Gasteiger partial charge on any atom is 0.165 e. The Labute approximate surface area is 201 Å². The van der Waals surface area contributed by atoms with Gasteiger partial charge in [-0.25, -0.2) is 0 Å². The lowest BCUT2D eigenvalue weighted by molar-refractivity contribution is 0.0983.